The van der Waals surface area contributed by atoms with Crippen LogP contribution in [0.3, 0.4) is 0 Å². The lowest BCUT2D eigenvalue weighted by Gasteiger charge is -2.48. The van der Waals surface area contributed by atoms with E-state index in [1.54, 1.807) is 27.0 Å². The SMILES string of the molecule is CS[C@@H]1[C@@H]([C@H](C)OC=O)C(=O)N1C(C(=O)O)=C(C)C. The highest BCUT2D eigenvalue weighted by Gasteiger charge is 2.53. The fourth-order valence-electron chi connectivity index (χ4n) is 2.14. The molecule has 0 aromatic rings. The Morgan fingerprint density at radius 2 is 2.11 bits per heavy atom. The first kappa shape index (κ1) is 15.6. The quantitative estimate of drug-likeness (QED) is 0.447. The first-order valence-electron chi connectivity index (χ1n) is 5.72. The molecule has 1 aliphatic heterocycles. The summed E-state index contributed by atoms with van der Waals surface area (Å²) in [7, 11) is 0. The van der Waals surface area contributed by atoms with Crippen LogP contribution < -0.4 is 0 Å². The van der Waals surface area contributed by atoms with Crippen LogP contribution in [0.1, 0.15) is 20.8 Å². The first-order chi connectivity index (χ1) is 8.86. The Kier molecular flexibility index (Phi) is 4.99. The number of allylic oxidation sites excluding steroid dienone is 1. The van der Waals surface area contributed by atoms with Gasteiger partial charge < -0.3 is 9.84 Å². The summed E-state index contributed by atoms with van der Waals surface area (Å²) in [5.41, 5.74) is 0.557. The summed E-state index contributed by atoms with van der Waals surface area (Å²) in [6.07, 6.45) is 1.22. The molecule has 1 aliphatic rings. The second-order valence-electron chi connectivity index (χ2n) is 4.45. The molecule has 3 atom stereocenters. The van der Waals surface area contributed by atoms with Crippen molar-refractivity contribution < 1.29 is 24.2 Å². The smallest absolute Gasteiger partial charge is 0.352 e. The average molecular weight is 287 g/mol. The molecule has 7 heteroatoms. The molecule has 1 amide bonds. The maximum absolute atomic E-state index is 12.1. The van der Waals surface area contributed by atoms with E-state index in [1.807, 2.05) is 0 Å². The number of carbonyl (C=O) groups is 3. The number of carboxylic acid groups (broad SMARTS) is 1. The van der Waals surface area contributed by atoms with Gasteiger partial charge in [0.2, 0.25) is 5.91 Å². The highest BCUT2D eigenvalue weighted by molar-refractivity contribution is 7.99. The average Bonchev–Trinajstić information content (AvgIpc) is 2.31. The summed E-state index contributed by atoms with van der Waals surface area (Å²) < 4.78 is 4.79. The number of carboxylic acids is 1. The lowest BCUT2D eigenvalue weighted by atomic mass is 9.91. The third-order valence-electron chi connectivity index (χ3n) is 3.02. The Bertz CT molecular complexity index is 430. The molecular formula is C12H17NO5S. The number of carbonyl (C=O) groups excluding carboxylic acids is 2. The third kappa shape index (κ3) is 2.75. The number of amides is 1. The molecule has 1 rings (SSSR count). The Hall–Kier alpha value is -1.50. The Labute approximate surface area is 115 Å². The van der Waals surface area contributed by atoms with Gasteiger partial charge in [-0.2, -0.15) is 0 Å². The van der Waals surface area contributed by atoms with Crippen LogP contribution in [0.25, 0.3) is 0 Å². The van der Waals surface area contributed by atoms with E-state index in [9.17, 15) is 19.5 Å². The lowest BCUT2D eigenvalue weighted by Crippen LogP contribution is -2.63. The van der Waals surface area contributed by atoms with Crippen LogP contribution in [0.15, 0.2) is 11.3 Å². The van der Waals surface area contributed by atoms with Crippen LogP contribution >= 0.6 is 11.8 Å². The number of β-lactam (4-membered cyclic amide) rings is 1. The van der Waals surface area contributed by atoms with Crippen molar-refractivity contribution in [2.45, 2.75) is 32.2 Å². The van der Waals surface area contributed by atoms with E-state index in [0.717, 1.165) is 0 Å². The van der Waals surface area contributed by atoms with E-state index in [0.29, 0.717) is 12.0 Å². The summed E-state index contributed by atoms with van der Waals surface area (Å²) in [4.78, 5) is 35.0. The topological polar surface area (TPSA) is 83.9 Å². The number of aliphatic carboxylic acids is 1. The predicted octanol–water partition coefficient (Wildman–Crippen LogP) is 1.07. The third-order valence-corrected chi connectivity index (χ3v) is 4.01. The van der Waals surface area contributed by atoms with Crippen LogP contribution in [0.5, 0.6) is 0 Å². The number of ether oxygens (including phenoxy) is 1. The van der Waals surface area contributed by atoms with Crippen molar-refractivity contribution in [2.75, 3.05) is 6.26 Å². The predicted molar refractivity (Wildman–Crippen MR) is 70.3 cm³/mol. The van der Waals surface area contributed by atoms with Crippen molar-refractivity contribution in [1.82, 2.24) is 4.90 Å². The number of hydrogen-bond donors (Lipinski definition) is 1. The number of nitrogens with zero attached hydrogens (tertiary/aromatic N) is 1. The molecule has 106 valence electrons. The largest absolute Gasteiger partial charge is 0.477 e. The molecule has 0 aliphatic carbocycles. The van der Waals surface area contributed by atoms with Gasteiger partial charge in [-0.3, -0.25) is 14.5 Å². The minimum atomic E-state index is -1.13. The molecule has 1 saturated heterocycles. The zero-order chi connectivity index (χ0) is 14.7. The molecule has 0 bridgehead atoms. The minimum Gasteiger partial charge on any atom is -0.477 e. The summed E-state index contributed by atoms with van der Waals surface area (Å²) >= 11 is 1.36. The molecule has 0 spiro atoms. The Morgan fingerprint density at radius 3 is 2.47 bits per heavy atom. The molecule has 1 fully saturated rings. The lowest BCUT2D eigenvalue weighted by molar-refractivity contribution is -0.161. The zero-order valence-electron chi connectivity index (χ0n) is 11.2. The van der Waals surface area contributed by atoms with E-state index >= 15 is 0 Å². The van der Waals surface area contributed by atoms with Gasteiger partial charge in [0, 0.05) is 0 Å². The number of hydrogen-bond acceptors (Lipinski definition) is 5. The summed E-state index contributed by atoms with van der Waals surface area (Å²) in [5.74, 6) is -1.96. The van der Waals surface area contributed by atoms with Gasteiger partial charge in [0.1, 0.15) is 17.7 Å². The fourth-order valence-corrected chi connectivity index (χ4v) is 3.19. The minimum absolute atomic E-state index is 0.00102. The molecule has 0 radical (unpaired) electrons. The van der Waals surface area contributed by atoms with Gasteiger partial charge in [0.25, 0.3) is 6.47 Å². The van der Waals surface area contributed by atoms with Crippen molar-refractivity contribution in [3.05, 3.63) is 11.3 Å². The molecule has 19 heavy (non-hydrogen) atoms. The summed E-state index contributed by atoms with van der Waals surface area (Å²) in [5, 5.41) is 8.86. The van der Waals surface area contributed by atoms with Crippen LogP contribution in [0.2, 0.25) is 0 Å². The zero-order valence-corrected chi connectivity index (χ0v) is 12.1. The molecule has 0 saturated carbocycles. The standard InChI is InChI=1S/C12H17NO5S/c1-6(2)9(12(16)17)13-10(15)8(11(13)19-4)7(3)18-5-14/h5,7-8,11H,1-4H3,(H,16,17)/t7-,8-,11+/m0/s1. The first-order valence-corrected chi connectivity index (χ1v) is 7.01. The van der Waals surface area contributed by atoms with Gasteiger partial charge in [-0.15, -0.1) is 11.8 Å². The van der Waals surface area contributed by atoms with Gasteiger partial charge in [0.05, 0.1) is 5.37 Å². The Morgan fingerprint density at radius 1 is 1.53 bits per heavy atom. The highest BCUT2D eigenvalue weighted by Crippen LogP contribution is 2.40. The Balaban J connectivity index is 3.02. The fraction of sp³-hybridized carbons (Fsp3) is 0.583. The van der Waals surface area contributed by atoms with Crippen LogP contribution in [0.4, 0.5) is 0 Å². The van der Waals surface area contributed by atoms with Crippen molar-refractivity contribution in [3.63, 3.8) is 0 Å². The maximum Gasteiger partial charge on any atom is 0.352 e. The van der Waals surface area contributed by atoms with Gasteiger partial charge in [0.15, 0.2) is 0 Å². The van der Waals surface area contributed by atoms with Gasteiger partial charge in [-0.05, 0) is 32.6 Å². The van der Waals surface area contributed by atoms with Gasteiger partial charge in [-0.1, -0.05) is 0 Å². The van der Waals surface area contributed by atoms with Crippen molar-refractivity contribution in [3.8, 4) is 0 Å². The second kappa shape index (κ2) is 6.10. The van der Waals surface area contributed by atoms with Crippen molar-refractivity contribution in [1.29, 1.82) is 0 Å². The summed E-state index contributed by atoms with van der Waals surface area (Å²) in [6.45, 7) is 5.22. The number of thioether (sulfide) groups is 1. The van der Waals surface area contributed by atoms with Crippen LogP contribution in [0, 0.1) is 5.92 Å². The van der Waals surface area contributed by atoms with E-state index in [-0.39, 0.29) is 17.0 Å². The maximum atomic E-state index is 12.1. The van der Waals surface area contributed by atoms with Crippen LogP contribution in [-0.2, 0) is 19.1 Å². The second-order valence-corrected chi connectivity index (χ2v) is 5.41. The molecule has 6 nitrogen and oxygen atoms in total. The summed E-state index contributed by atoms with van der Waals surface area (Å²) in [6, 6.07) is 0. The highest BCUT2D eigenvalue weighted by atomic mass is 32.2. The monoisotopic (exact) mass is 287 g/mol. The van der Waals surface area contributed by atoms with Gasteiger partial charge >= 0.3 is 5.97 Å². The molecule has 1 heterocycles. The van der Waals surface area contributed by atoms with E-state index in [2.05, 4.69) is 0 Å². The number of likely N-dealkylation sites (tertiary alicyclic amines) is 1. The van der Waals surface area contributed by atoms with Crippen molar-refractivity contribution in [2.24, 2.45) is 5.92 Å². The van der Waals surface area contributed by atoms with Crippen LogP contribution in [-0.4, -0.2) is 46.1 Å². The van der Waals surface area contributed by atoms with Crippen molar-refractivity contribution >= 4 is 30.1 Å². The molecular weight excluding hydrogens is 270 g/mol. The molecule has 0 aromatic carbocycles. The normalized spacial score (nSPS) is 23.4. The molecule has 1 N–H and O–H groups in total. The molecule has 0 aromatic heterocycles. The number of rotatable bonds is 6. The molecule has 0 unspecified atom stereocenters. The van der Waals surface area contributed by atoms with E-state index < -0.39 is 18.0 Å². The van der Waals surface area contributed by atoms with E-state index in [1.165, 1.54) is 16.7 Å². The van der Waals surface area contributed by atoms with E-state index in [4.69, 9.17) is 4.74 Å². The van der Waals surface area contributed by atoms with Gasteiger partial charge in [-0.25, -0.2) is 4.79 Å².